The lowest BCUT2D eigenvalue weighted by molar-refractivity contribution is -0.321. The molecule has 2 bridgehead atoms. The lowest BCUT2D eigenvalue weighted by atomic mass is 9.82. The Balaban J connectivity index is 2.29. The third-order valence-corrected chi connectivity index (χ3v) is 4.46. The molecule has 0 aromatic heterocycles. The molecule has 0 spiro atoms. The van der Waals surface area contributed by atoms with E-state index in [4.69, 9.17) is 21.4 Å². The highest BCUT2D eigenvalue weighted by Crippen LogP contribution is 2.58. The quantitative estimate of drug-likeness (QED) is 0.614. The average Bonchev–Trinajstić information content (AvgIpc) is 2.75. The highest BCUT2D eigenvalue weighted by Gasteiger charge is 2.81. The summed E-state index contributed by atoms with van der Waals surface area (Å²) in [6.07, 6.45) is -12.3. The fraction of sp³-hybridized carbons (Fsp3) is 1.00. The van der Waals surface area contributed by atoms with Crippen LogP contribution in [0.15, 0.2) is 0 Å². The molecule has 0 aromatic carbocycles. The van der Waals surface area contributed by atoms with Crippen molar-refractivity contribution in [3.05, 3.63) is 0 Å². The van der Waals surface area contributed by atoms with E-state index in [9.17, 15) is 26.3 Å². The smallest absolute Gasteiger partial charge is 0.394 e. The van der Waals surface area contributed by atoms with Crippen molar-refractivity contribution in [1.82, 2.24) is 5.32 Å². The van der Waals surface area contributed by atoms with Gasteiger partial charge in [-0.25, -0.2) is 0 Å². The van der Waals surface area contributed by atoms with Crippen molar-refractivity contribution < 1.29 is 36.2 Å². The lowest BCUT2D eigenvalue weighted by Gasteiger charge is -2.42. The van der Waals surface area contributed by atoms with Crippen molar-refractivity contribution >= 4 is 11.6 Å². The van der Waals surface area contributed by atoms with Crippen LogP contribution in [-0.4, -0.2) is 53.7 Å². The Hall–Kier alpha value is -0.250. The Morgan fingerprint density at radius 1 is 1.20 bits per heavy atom. The maximum absolute atomic E-state index is 13.0. The van der Waals surface area contributed by atoms with Crippen LogP contribution in [0.2, 0.25) is 0 Å². The molecule has 1 saturated carbocycles. The van der Waals surface area contributed by atoms with Gasteiger partial charge in [0.2, 0.25) is 5.54 Å². The van der Waals surface area contributed by atoms with Crippen molar-refractivity contribution in [2.24, 2.45) is 5.92 Å². The second kappa shape index (κ2) is 4.89. The minimum absolute atomic E-state index is 0.162. The van der Waals surface area contributed by atoms with E-state index >= 15 is 0 Å². The Kier molecular flexibility index (Phi) is 3.94. The maximum atomic E-state index is 13.0. The molecule has 0 radical (unpaired) electrons. The summed E-state index contributed by atoms with van der Waals surface area (Å²) >= 11 is 5.74. The minimum Gasteiger partial charge on any atom is -0.394 e. The number of nitrogens with one attached hydrogen (secondary N) is 1. The summed E-state index contributed by atoms with van der Waals surface area (Å²) in [7, 11) is 0. The van der Waals surface area contributed by atoms with Crippen molar-refractivity contribution in [2.45, 2.75) is 41.8 Å². The number of piperidine rings is 1. The van der Waals surface area contributed by atoms with E-state index in [2.05, 4.69) is 0 Å². The number of rotatable bonds is 3. The van der Waals surface area contributed by atoms with E-state index in [0.29, 0.717) is 0 Å². The van der Waals surface area contributed by atoms with Crippen LogP contribution in [0.4, 0.5) is 26.3 Å². The van der Waals surface area contributed by atoms with Crippen LogP contribution in [-0.2, 0) is 4.74 Å². The van der Waals surface area contributed by atoms with E-state index < -0.39 is 47.8 Å². The Morgan fingerprint density at radius 3 is 2.10 bits per heavy atom. The van der Waals surface area contributed by atoms with Gasteiger partial charge in [-0.15, -0.1) is 11.6 Å². The van der Waals surface area contributed by atoms with Crippen LogP contribution in [0.5, 0.6) is 0 Å². The molecule has 2 fully saturated rings. The standard InChI is InChI=1S/C10H12ClF6NO2/c11-6-4-3-5(20-2-1-19)7(6)18-8(4,9(12,13)14)10(15,16)17/h4-7,18-19H,1-3H2/t4-,5+,6-,7+/m0/s1. The monoisotopic (exact) mass is 327 g/mol. The molecule has 1 aliphatic carbocycles. The molecule has 0 aromatic rings. The van der Waals surface area contributed by atoms with Gasteiger partial charge in [0.1, 0.15) is 0 Å². The zero-order valence-corrected chi connectivity index (χ0v) is 10.7. The highest BCUT2D eigenvalue weighted by atomic mass is 35.5. The summed E-state index contributed by atoms with van der Waals surface area (Å²) < 4.78 is 83.0. The Labute approximate surface area is 115 Å². The number of ether oxygens (including phenoxy) is 1. The number of aliphatic hydroxyl groups is 1. The van der Waals surface area contributed by atoms with Gasteiger partial charge in [-0.1, -0.05) is 0 Å². The summed E-state index contributed by atoms with van der Waals surface area (Å²) in [5.74, 6) is -1.85. The number of fused-ring (bicyclic) bond motifs is 2. The molecule has 2 N–H and O–H groups in total. The lowest BCUT2D eigenvalue weighted by Crippen LogP contribution is -2.70. The molecule has 4 atom stereocenters. The van der Waals surface area contributed by atoms with Crippen molar-refractivity contribution in [2.75, 3.05) is 13.2 Å². The van der Waals surface area contributed by atoms with E-state index in [1.54, 1.807) is 5.32 Å². The maximum Gasteiger partial charge on any atom is 0.415 e. The predicted octanol–water partition coefficient (Wildman–Crippen LogP) is 1.83. The molecule has 0 amide bonds. The fourth-order valence-corrected chi connectivity index (χ4v) is 3.58. The van der Waals surface area contributed by atoms with Gasteiger partial charge in [-0.3, -0.25) is 5.32 Å². The van der Waals surface area contributed by atoms with Crippen molar-refractivity contribution in [1.29, 1.82) is 0 Å². The molecular weight excluding hydrogens is 316 g/mol. The largest absolute Gasteiger partial charge is 0.415 e. The van der Waals surface area contributed by atoms with Gasteiger partial charge >= 0.3 is 12.4 Å². The fourth-order valence-electron chi connectivity index (χ4n) is 3.06. The summed E-state index contributed by atoms with van der Waals surface area (Å²) in [5, 5.41) is 8.86. The van der Waals surface area contributed by atoms with E-state index in [-0.39, 0.29) is 13.2 Å². The normalized spacial score (nSPS) is 36.6. The predicted molar refractivity (Wildman–Crippen MR) is 56.3 cm³/mol. The van der Waals surface area contributed by atoms with Gasteiger partial charge in [0.05, 0.1) is 30.7 Å². The Bertz CT molecular complexity index is 360. The summed E-state index contributed by atoms with van der Waals surface area (Å²) in [6, 6.07) is -1.25. The molecule has 3 nitrogen and oxygen atoms in total. The van der Waals surface area contributed by atoms with E-state index in [0.717, 1.165) is 0 Å². The van der Waals surface area contributed by atoms with Crippen LogP contribution in [0.1, 0.15) is 6.42 Å². The summed E-state index contributed by atoms with van der Waals surface area (Å²) in [5.41, 5.74) is -3.99. The number of alkyl halides is 7. The zero-order valence-electron chi connectivity index (χ0n) is 9.93. The average molecular weight is 328 g/mol. The molecule has 118 valence electrons. The first-order chi connectivity index (χ1) is 9.06. The van der Waals surface area contributed by atoms with E-state index in [1.165, 1.54) is 0 Å². The first-order valence-electron chi connectivity index (χ1n) is 5.84. The Morgan fingerprint density at radius 2 is 1.75 bits per heavy atom. The highest BCUT2D eigenvalue weighted by molar-refractivity contribution is 6.22. The molecule has 0 unspecified atom stereocenters. The number of halogens is 7. The SMILES string of the molecule is OCCO[C@@H]1C[C@H]2[C@H](Cl)[C@@H]1NC2(C(F)(F)F)C(F)(F)F. The van der Waals surface area contributed by atoms with Crippen LogP contribution >= 0.6 is 11.6 Å². The van der Waals surface area contributed by atoms with Crippen LogP contribution < -0.4 is 5.32 Å². The minimum atomic E-state index is -5.50. The van der Waals surface area contributed by atoms with Crippen LogP contribution in [0.3, 0.4) is 0 Å². The van der Waals surface area contributed by atoms with Crippen LogP contribution in [0.25, 0.3) is 0 Å². The molecule has 10 heteroatoms. The molecule has 1 saturated heterocycles. The van der Waals surface area contributed by atoms with Gasteiger partial charge < -0.3 is 9.84 Å². The summed E-state index contributed by atoms with van der Waals surface area (Å²) in [6.45, 7) is -0.533. The van der Waals surface area contributed by atoms with Crippen molar-refractivity contribution in [3.63, 3.8) is 0 Å². The van der Waals surface area contributed by atoms with Crippen LogP contribution in [0, 0.1) is 5.92 Å². The third-order valence-electron chi connectivity index (χ3n) is 3.88. The zero-order chi connectivity index (χ0) is 15.3. The number of hydrogen-bond donors (Lipinski definition) is 2. The van der Waals surface area contributed by atoms with Gasteiger partial charge in [0, 0.05) is 5.92 Å². The summed E-state index contributed by atoms with van der Waals surface area (Å²) in [4.78, 5) is 0. The molecule has 2 rings (SSSR count). The number of aliphatic hydroxyl groups excluding tert-OH is 1. The third kappa shape index (κ3) is 2.10. The van der Waals surface area contributed by atoms with Gasteiger partial charge in [0.25, 0.3) is 0 Å². The first-order valence-corrected chi connectivity index (χ1v) is 6.27. The van der Waals surface area contributed by atoms with Crippen molar-refractivity contribution in [3.8, 4) is 0 Å². The molecule has 20 heavy (non-hydrogen) atoms. The molecular formula is C10H12ClF6NO2. The van der Waals surface area contributed by atoms with Gasteiger partial charge in [-0.2, -0.15) is 26.3 Å². The molecule has 1 aliphatic heterocycles. The number of hydrogen-bond acceptors (Lipinski definition) is 3. The second-order valence-corrected chi connectivity index (χ2v) is 5.40. The van der Waals surface area contributed by atoms with E-state index in [1.807, 2.05) is 0 Å². The molecule has 2 aliphatic rings. The second-order valence-electron chi connectivity index (χ2n) is 4.89. The van der Waals surface area contributed by atoms with Gasteiger partial charge in [-0.05, 0) is 6.42 Å². The first kappa shape index (κ1) is 16.1. The molecule has 1 heterocycles. The topological polar surface area (TPSA) is 41.5 Å². The van der Waals surface area contributed by atoms with Gasteiger partial charge in [0.15, 0.2) is 0 Å².